The Morgan fingerprint density at radius 3 is 1.81 bits per heavy atom. The minimum Gasteiger partial charge on any atom is 1.00 e. The van der Waals surface area contributed by atoms with Crippen LogP contribution in [0.5, 0.6) is 0 Å². The Kier molecular flexibility index (Phi) is 7.24. The van der Waals surface area contributed by atoms with Crippen LogP contribution in [0, 0.1) is 0 Å². The molecule has 0 saturated carbocycles. The fraction of sp³-hybridized carbons (Fsp3) is 0.833. The number of unbranched alkanes of at least 4 members (excludes halogenated alkanes) is 5. The molecule has 0 N–H and O–H groups in total. The van der Waals surface area contributed by atoms with Gasteiger partial charge in [0.25, 0.3) is 0 Å². The Balaban J connectivity index is 0. The van der Waals surface area contributed by atoms with E-state index < -0.39 is 19.5 Å². The minimum absolute atomic E-state index is 0. The third kappa shape index (κ3) is 22.2. The summed E-state index contributed by atoms with van der Waals surface area (Å²) in [6.07, 6.45) is 12.7. The predicted molar refractivity (Wildman–Crippen MR) is 75.4 cm³/mol. The van der Waals surface area contributed by atoms with Crippen molar-refractivity contribution >= 4 is 19.5 Å². The number of rotatable bonds is 7. The quantitative estimate of drug-likeness (QED) is 0.307. The summed E-state index contributed by atoms with van der Waals surface area (Å²) >= 11 is -11.2. The normalized spacial score (nSPS) is 18.1. The van der Waals surface area contributed by atoms with Crippen molar-refractivity contribution in [2.24, 2.45) is 0 Å². The summed E-state index contributed by atoms with van der Waals surface area (Å²) in [6, 6.07) is 0. The maximum absolute atomic E-state index is 11.2. The van der Waals surface area contributed by atoms with Crippen LogP contribution in [-0.4, -0.2) is 49.5 Å². The van der Waals surface area contributed by atoms with E-state index in [0.717, 1.165) is 6.67 Å². The second-order valence-corrected chi connectivity index (χ2v) is 10.7. The van der Waals surface area contributed by atoms with Crippen LogP contribution in [0.2, 0.25) is 0 Å². The van der Waals surface area contributed by atoms with Crippen LogP contribution in [0.1, 0.15) is 46.9 Å². The SMILES string of the molecule is CCCCCCCCN1C=CN(C)C1.[F][Sb-]([F])([F])([F])([F])[F].[H+]. The largest absolute Gasteiger partial charge is 1.00 e. The molecule has 0 aromatic rings. The van der Waals surface area contributed by atoms with Crippen molar-refractivity contribution in [3.05, 3.63) is 12.4 Å². The van der Waals surface area contributed by atoms with E-state index >= 15 is 0 Å². The van der Waals surface area contributed by atoms with Crippen molar-refractivity contribution in [3.63, 3.8) is 0 Å². The van der Waals surface area contributed by atoms with E-state index in [1.54, 1.807) is 0 Å². The molecule has 9 heteroatoms. The van der Waals surface area contributed by atoms with Crippen LogP contribution in [0.3, 0.4) is 0 Å². The topological polar surface area (TPSA) is 6.48 Å². The van der Waals surface area contributed by atoms with E-state index in [0.29, 0.717) is 0 Å². The van der Waals surface area contributed by atoms with Gasteiger partial charge in [-0.2, -0.15) is 0 Å². The maximum atomic E-state index is 9.93. The Bertz CT molecular complexity index is 321. The Morgan fingerprint density at radius 2 is 1.38 bits per heavy atom. The van der Waals surface area contributed by atoms with Gasteiger partial charge in [-0.05, 0) is 6.42 Å². The van der Waals surface area contributed by atoms with Crippen LogP contribution in [-0.2, 0) is 0 Å². The summed E-state index contributed by atoms with van der Waals surface area (Å²) in [6.45, 7) is 4.58. The van der Waals surface area contributed by atoms with E-state index in [9.17, 15) is 16.9 Å². The average Bonchev–Trinajstić information content (AvgIpc) is 2.65. The Hall–Kier alpha value is -0.262. The first-order valence-corrected chi connectivity index (χ1v) is 12.8. The summed E-state index contributed by atoms with van der Waals surface area (Å²) in [4.78, 5) is 4.61. The first-order valence-electron chi connectivity index (χ1n) is 6.97. The zero-order chi connectivity index (χ0) is 16.6. The standard InChI is InChI=1S/C12H24N2.6FH.Sb/c1-3-4-5-6-7-8-9-14-11-10-13(2)12-14;;;;;;;/h10-11H,3-9,12H2,1-2H3;6*1H;/q;;;;;;;+5/p-5. The molecule has 21 heavy (non-hydrogen) atoms. The summed E-state index contributed by atoms with van der Waals surface area (Å²) in [5.74, 6) is 0. The Morgan fingerprint density at radius 1 is 0.905 bits per heavy atom. The summed E-state index contributed by atoms with van der Waals surface area (Å²) in [5.41, 5.74) is 0. The van der Waals surface area contributed by atoms with Gasteiger partial charge >= 0.3 is 37.8 Å². The Labute approximate surface area is 126 Å². The molecule has 130 valence electrons. The molecule has 0 atom stereocenters. The van der Waals surface area contributed by atoms with Crippen molar-refractivity contribution < 1.29 is 18.3 Å². The molecule has 0 radical (unpaired) electrons. The van der Waals surface area contributed by atoms with Crippen molar-refractivity contribution in [1.82, 2.24) is 9.80 Å². The fourth-order valence-electron chi connectivity index (χ4n) is 1.83. The van der Waals surface area contributed by atoms with E-state index in [1.807, 2.05) is 0 Å². The maximum Gasteiger partial charge on any atom is 1.00 e. The van der Waals surface area contributed by atoms with E-state index in [4.69, 9.17) is 0 Å². The van der Waals surface area contributed by atoms with Crippen LogP contribution in [0.4, 0.5) is 16.9 Å². The van der Waals surface area contributed by atoms with Crippen molar-refractivity contribution in [2.75, 3.05) is 20.3 Å². The van der Waals surface area contributed by atoms with Gasteiger partial charge in [-0.1, -0.05) is 39.0 Å². The van der Waals surface area contributed by atoms with E-state index in [1.165, 1.54) is 45.1 Å². The van der Waals surface area contributed by atoms with Crippen molar-refractivity contribution in [1.29, 1.82) is 0 Å². The zero-order valence-electron chi connectivity index (χ0n) is 13.4. The second-order valence-electron chi connectivity index (χ2n) is 5.24. The van der Waals surface area contributed by atoms with Crippen molar-refractivity contribution in [3.8, 4) is 0 Å². The monoisotopic (exact) mass is 432 g/mol. The summed E-state index contributed by atoms with van der Waals surface area (Å²) < 4.78 is 59.6. The molecule has 0 fully saturated rings. The zero-order valence-corrected chi connectivity index (χ0v) is 15.0. The van der Waals surface area contributed by atoms with Crippen LogP contribution in [0.15, 0.2) is 12.4 Å². The molecule has 0 saturated heterocycles. The molecular formula is C12H25F6N2Sb. The fourth-order valence-corrected chi connectivity index (χ4v) is 1.83. The molecule has 0 unspecified atom stereocenters. The van der Waals surface area contributed by atoms with Crippen LogP contribution in [0.25, 0.3) is 0 Å². The molecule has 2 nitrogen and oxygen atoms in total. The smallest absolute Gasteiger partial charge is 1.00 e. The summed E-state index contributed by atoms with van der Waals surface area (Å²) in [7, 11) is 2.12. The molecule has 1 heterocycles. The average molecular weight is 433 g/mol. The van der Waals surface area contributed by atoms with Gasteiger partial charge in [0.15, 0.2) is 0 Å². The van der Waals surface area contributed by atoms with Gasteiger partial charge in [0.05, 0.1) is 6.67 Å². The van der Waals surface area contributed by atoms with E-state index in [2.05, 4.69) is 36.2 Å². The number of hydrogen-bond donors (Lipinski definition) is 0. The number of halogens is 6. The molecule has 0 bridgehead atoms. The molecule has 0 spiro atoms. The van der Waals surface area contributed by atoms with Crippen LogP contribution >= 0.6 is 0 Å². The van der Waals surface area contributed by atoms with Gasteiger partial charge in [-0.3, -0.25) is 0 Å². The van der Waals surface area contributed by atoms with Gasteiger partial charge in [0.1, 0.15) is 0 Å². The van der Waals surface area contributed by atoms with Gasteiger partial charge in [0.2, 0.25) is 0 Å². The molecule has 1 aliphatic rings. The van der Waals surface area contributed by atoms with Crippen LogP contribution < -0.4 is 0 Å². The third-order valence-electron chi connectivity index (χ3n) is 2.74. The van der Waals surface area contributed by atoms with Gasteiger partial charge < -0.3 is 9.80 Å². The van der Waals surface area contributed by atoms with E-state index in [-0.39, 0.29) is 1.43 Å². The molecule has 1 aliphatic heterocycles. The molecular weight excluding hydrogens is 408 g/mol. The summed E-state index contributed by atoms with van der Waals surface area (Å²) in [5, 5.41) is 0. The molecule has 0 aromatic heterocycles. The number of nitrogens with zero attached hydrogens (tertiary/aromatic N) is 2. The van der Waals surface area contributed by atoms with Gasteiger partial charge in [0, 0.05) is 26.0 Å². The second kappa shape index (κ2) is 7.34. The molecule has 0 amide bonds. The van der Waals surface area contributed by atoms with Gasteiger partial charge in [-0.15, -0.1) is 0 Å². The third-order valence-corrected chi connectivity index (χ3v) is 2.74. The first kappa shape index (κ1) is 20.7. The van der Waals surface area contributed by atoms with Gasteiger partial charge in [-0.25, -0.2) is 0 Å². The van der Waals surface area contributed by atoms with Crippen molar-refractivity contribution in [2.45, 2.75) is 45.4 Å². The first-order chi connectivity index (χ1) is 9.28. The molecule has 0 aliphatic carbocycles. The molecule has 1 rings (SSSR count). The molecule has 0 aromatic carbocycles. The minimum atomic E-state index is -11.2. The number of hydrogen-bond acceptors (Lipinski definition) is 2. The predicted octanol–water partition coefficient (Wildman–Crippen LogP) is 5.28.